The standard InChI is InChI=1S/C32H30FN3O5S2/c1-4-25(42-22-15-11-14-21(18-22)35-28(37)23-16-9-10-17-24(23)33)29(38)36-31-26(32(40)41-5-2)19(3)27(43-31)30(39)34-20-12-7-6-8-13-20/h6-18,25H,4-5H2,1-3H3,(H,34,39)(H,35,37)(H,36,38). The van der Waals surface area contributed by atoms with Crippen molar-refractivity contribution >= 4 is 63.2 Å². The van der Waals surface area contributed by atoms with Gasteiger partial charge in [-0.05, 0) is 68.3 Å². The first-order valence-electron chi connectivity index (χ1n) is 13.5. The van der Waals surface area contributed by atoms with E-state index >= 15 is 0 Å². The number of para-hydroxylation sites is 1. The largest absolute Gasteiger partial charge is 0.462 e. The van der Waals surface area contributed by atoms with Crippen LogP contribution in [0.1, 0.15) is 56.2 Å². The number of anilines is 3. The van der Waals surface area contributed by atoms with Crippen molar-refractivity contribution in [3.05, 3.63) is 106 Å². The van der Waals surface area contributed by atoms with Crippen LogP contribution in [0.3, 0.4) is 0 Å². The van der Waals surface area contributed by atoms with E-state index < -0.39 is 28.9 Å². The van der Waals surface area contributed by atoms with Crippen LogP contribution < -0.4 is 16.0 Å². The molecule has 3 amide bonds. The van der Waals surface area contributed by atoms with Gasteiger partial charge in [0.25, 0.3) is 11.8 Å². The number of amides is 3. The van der Waals surface area contributed by atoms with Crippen molar-refractivity contribution in [2.24, 2.45) is 0 Å². The van der Waals surface area contributed by atoms with Crippen molar-refractivity contribution in [2.45, 2.75) is 37.3 Å². The average molecular weight is 620 g/mol. The number of ether oxygens (including phenoxy) is 1. The smallest absolute Gasteiger partial charge is 0.341 e. The monoisotopic (exact) mass is 619 g/mol. The van der Waals surface area contributed by atoms with Gasteiger partial charge >= 0.3 is 5.97 Å². The highest BCUT2D eigenvalue weighted by Crippen LogP contribution is 2.36. The van der Waals surface area contributed by atoms with Gasteiger partial charge in [-0.15, -0.1) is 23.1 Å². The first-order valence-corrected chi connectivity index (χ1v) is 15.2. The summed E-state index contributed by atoms with van der Waals surface area (Å²) in [5.74, 6) is -2.62. The molecule has 0 fully saturated rings. The Morgan fingerprint density at radius 1 is 0.860 bits per heavy atom. The molecule has 4 aromatic rings. The molecule has 0 saturated heterocycles. The van der Waals surface area contributed by atoms with Crippen LogP contribution in [0.15, 0.2) is 83.8 Å². The number of carbonyl (C=O) groups excluding carboxylic acids is 4. The molecule has 3 aromatic carbocycles. The molecule has 43 heavy (non-hydrogen) atoms. The van der Waals surface area contributed by atoms with Crippen LogP contribution in [0.5, 0.6) is 0 Å². The highest BCUT2D eigenvalue weighted by atomic mass is 32.2. The van der Waals surface area contributed by atoms with Crippen LogP contribution in [-0.2, 0) is 9.53 Å². The molecule has 0 bridgehead atoms. The van der Waals surface area contributed by atoms with Gasteiger partial charge in [0.2, 0.25) is 5.91 Å². The molecule has 3 N–H and O–H groups in total. The lowest BCUT2D eigenvalue weighted by atomic mass is 10.1. The number of halogens is 1. The number of thiophene rings is 1. The highest BCUT2D eigenvalue weighted by molar-refractivity contribution is 8.00. The summed E-state index contributed by atoms with van der Waals surface area (Å²) < 4.78 is 19.3. The molecule has 11 heteroatoms. The topological polar surface area (TPSA) is 114 Å². The van der Waals surface area contributed by atoms with Gasteiger partial charge in [0.05, 0.1) is 27.9 Å². The van der Waals surface area contributed by atoms with E-state index in [-0.39, 0.29) is 33.5 Å². The number of benzene rings is 3. The third-order valence-electron chi connectivity index (χ3n) is 6.25. The van der Waals surface area contributed by atoms with Gasteiger partial charge in [0.1, 0.15) is 10.8 Å². The summed E-state index contributed by atoms with van der Waals surface area (Å²) in [7, 11) is 0. The summed E-state index contributed by atoms with van der Waals surface area (Å²) in [6.45, 7) is 5.30. The Balaban J connectivity index is 1.52. The van der Waals surface area contributed by atoms with Crippen LogP contribution in [0.4, 0.5) is 20.8 Å². The fourth-order valence-corrected chi connectivity index (χ4v) is 6.25. The van der Waals surface area contributed by atoms with Gasteiger partial charge in [0.15, 0.2) is 0 Å². The molecule has 0 radical (unpaired) electrons. The fourth-order valence-electron chi connectivity index (χ4n) is 4.15. The predicted octanol–water partition coefficient (Wildman–Crippen LogP) is 7.39. The zero-order chi connectivity index (χ0) is 30.9. The van der Waals surface area contributed by atoms with Gasteiger partial charge in [-0.3, -0.25) is 14.4 Å². The van der Waals surface area contributed by atoms with Gasteiger partial charge in [-0.1, -0.05) is 43.3 Å². The summed E-state index contributed by atoms with van der Waals surface area (Å²) >= 11 is 2.28. The second kappa shape index (κ2) is 14.6. The van der Waals surface area contributed by atoms with E-state index in [9.17, 15) is 23.6 Å². The fraction of sp³-hybridized carbons (Fsp3) is 0.188. The summed E-state index contributed by atoms with van der Waals surface area (Å²) in [5.41, 5.74) is 1.51. The summed E-state index contributed by atoms with van der Waals surface area (Å²) in [5, 5.41) is 8.00. The lowest BCUT2D eigenvalue weighted by Gasteiger charge is -2.15. The van der Waals surface area contributed by atoms with Crippen molar-refractivity contribution < 1.29 is 28.3 Å². The molecule has 4 rings (SSSR count). The number of esters is 1. The molecule has 1 unspecified atom stereocenters. The SMILES string of the molecule is CCOC(=O)c1c(NC(=O)C(CC)Sc2cccc(NC(=O)c3ccccc3F)c2)sc(C(=O)Nc2ccccc2)c1C. The molecule has 0 spiro atoms. The third kappa shape index (κ3) is 7.88. The number of hydrogen-bond donors (Lipinski definition) is 3. The zero-order valence-electron chi connectivity index (χ0n) is 23.7. The zero-order valence-corrected chi connectivity index (χ0v) is 25.4. The number of thioether (sulfide) groups is 1. The van der Waals surface area contributed by atoms with Crippen molar-refractivity contribution in [3.8, 4) is 0 Å². The van der Waals surface area contributed by atoms with Crippen LogP contribution in [0.25, 0.3) is 0 Å². The Hall–Kier alpha value is -4.48. The molecule has 0 saturated carbocycles. The van der Waals surface area contributed by atoms with Crippen LogP contribution in [0.2, 0.25) is 0 Å². The third-order valence-corrected chi connectivity index (χ3v) is 8.82. The Kier molecular flexibility index (Phi) is 10.7. The molecule has 222 valence electrons. The molecule has 0 aliphatic carbocycles. The van der Waals surface area contributed by atoms with Gasteiger partial charge in [0, 0.05) is 16.3 Å². The maximum Gasteiger partial charge on any atom is 0.341 e. The maximum absolute atomic E-state index is 14.0. The van der Waals surface area contributed by atoms with E-state index in [0.717, 1.165) is 11.3 Å². The predicted molar refractivity (Wildman–Crippen MR) is 169 cm³/mol. The lowest BCUT2D eigenvalue weighted by molar-refractivity contribution is -0.115. The van der Waals surface area contributed by atoms with Crippen molar-refractivity contribution in [1.29, 1.82) is 0 Å². The first kappa shape index (κ1) is 31.5. The normalized spacial score (nSPS) is 11.3. The van der Waals surface area contributed by atoms with Gasteiger partial charge in [-0.25, -0.2) is 9.18 Å². The Morgan fingerprint density at radius 2 is 1.53 bits per heavy atom. The second-order valence-electron chi connectivity index (χ2n) is 9.27. The minimum Gasteiger partial charge on any atom is -0.462 e. The molecule has 0 aliphatic heterocycles. The van der Waals surface area contributed by atoms with E-state index in [1.807, 2.05) is 13.0 Å². The molecule has 1 atom stereocenters. The Labute approximate surface area is 257 Å². The molecule has 1 aromatic heterocycles. The van der Waals surface area contributed by atoms with E-state index in [0.29, 0.717) is 28.3 Å². The molecular weight excluding hydrogens is 590 g/mol. The molecule has 0 aliphatic rings. The Bertz CT molecular complexity index is 1640. The molecular formula is C32H30FN3O5S2. The van der Waals surface area contributed by atoms with Crippen molar-refractivity contribution in [2.75, 3.05) is 22.6 Å². The minimum absolute atomic E-state index is 0.0770. The Morgan fingerprint density at radius 3 is 2.23 bits per heavy atom. The quantitative estimate of drug-likeness (QED) is 0.119. The average Bonchev–Trinajstić information content (AvgIpc) is 3.32. The number of nitrogens with one attached hydrogen (secondary N) is 3. The second-order valence-corrected chi connectivity index (χ2v) is 11.6. The summed E-state index contributed by atoms with van der Waals surface area (Å²) in [4.78, 5) is 53.0. The van der Waals surface area contributed by atoms with Crippen LogP contribution in [-0.4, -0.2) is 35.5 Å². The molecule has 1 heterocycles. The first-order chi connectivity index (χ1) is 20.7. The van der Waals surface area contributed by atoms with Crippen molar-refractivity contribution in [1.82, 2.24) is 0 Å². The maximum atomic E-state index is 14.0. The number of rotatable bonds is 11. The van der Waals surface area contributed by atoms with E-state index in [4.69, 9.17) is 4.74 Å². The number of hydrogen-bond acceptors (Lipinski definition) is 7. The molecule has 8 nitrogen and oxygen atoms in total. The van der Waals surface area contributed by atoms with E-state index in [1.54, 1.807) is 68.4 Å². The van der Waals surface area contributed by atoms with Gasteiger partial charge in [-0.2, -0.15) is 0 Å². The number of carbonyl (C=O) groups is 4. The summed E-state index contributed by atoms with van der Waals surface area (Å²) in [6, 6.07) is 21.5. The van der Waals surface area contributed by atoms with E-state index in [1.165, 1.54) is 30.0 Å². The van der Waals surface area contributed by atoms with Crippen LogP contribution in [0, 0.1) is 12.7 Å². The highest BCUT2D eigenvalue weighted by Gasteiger charge is 2.28. The van der Waals surface area contributed by atoms with Crippen LogP contribution >= 0.6 is 23.1 Å². The summed E-state index contributed by atoms with van der Waals surface area (Å²) in [6.07, 6.45) is 0.447. The van der Waals surface area contributed by atoms with Crippen molar-refractivity contribution in [3.63, 3.8) is 0 Å². The minimum atomic E-state index is -0.635. The lowest BCUT2D eigenvalue weighted by Crippen LogP contribution is -2.25. The van der Waals surface area contributed by atoms with Gasteiger partial charge < -0.3 is 20.7 Å². The van der Waals surface area contributed by atoms with E-state index in [2.05, 4.69) is 16.0 Å².